The number of hydrogen-bond donors (Lipinski definition) is 0. The lowest BCUT2D eigenvalue weighted by Crippen LogP contribution is -1.92. The maximum Gasteiger partial charge on any atom is 0.144 e. The van der Waals surface area contributed by atoms with Crippen LogP contribution < -0.4 is 0 Å². The molecule has 0 bridgehead atoms. The molecule has 2 nitrogen and oxygen atoms in total. The summed E-state index contributed by atoms with van der Waals surface area (Å²) in [6.45, 7) is 8.30. The molecular weight excluding hydrogens is 633 g/mol. The number of para-hydroxylation sites is 2. The molecule has 0 aliphatic rings. The minimum Gasteiger partial charge on any atom is -0.455 e. The van der Waals surface area contributed by atoms with E-state index in [2.05, 4.69) is 172 Å². The average Bonchev–Trinajstić information content (AvgIpc) is 3.76. The van der Waals surface area contributed by atoms with Crippen molar-refractivity contribution < 1.29 is 8.83 Å². The maximum atomic E-state index is 6.98. The Kier molecular flexibility index (Phi) is 7.74. The van der Waals surface area contributed by atoms with Gasteiger partial charge in [-0.15, -0.1) is 0 Å². The van der Waals surface area contributed by atoms with Crippen LogP contribution in [0.1, 0.15) is 25.0 Å². The highest BCUT2D eigenvalue weighted by Gasteiger charge is 2.27. The summed E-state index contributed by atoms with van der Waals surface area (Å²) < 4.78 is 14.0. The lowest BCUT2D eigenvalue weighted by Gasteiger charge is -2.18. The van der Waals surface area contributed by atoms with E-state index >= 15 is 0 Å². The fourth-order valence-corrected chi connectivity index (χ4v) is 7.97. The van der Waals surface area contributed by atoms with E-state index in [1.54, 1.807) is 0 Å². The van der Waals surface area contributed by atoms with Gasteiger partial charge < -0.3 is 8.83 Å². The van der Waals surface area contributed by atoms with E-state index in [1.165, 1.54) is 21.9 Å². The quantitative estimate of drug-likeness (QED) is 0.174. The zero-order chi connectivity index (χ0) is 35.3. The molecule has 0 N–H and O–H groups in total. The molecule has 0 saturated heterocycles. The first-order valence-electron chi connectivity index (χ1n) is 18.2. The Labute approximate surface area is 303 Å². The van der Waals surface area contributed by atoms with Crippen LogP contribution in [0.15, 0.2) is 167 Å². The van der Waals surface area contributed by atoms with Crippen molar-refractivity contribution in [2.75, 3.05) is 0 Å². The van der Waals surface area contributed by atoms with Crippen LogP contribution in [0.4, 0.5) is 0 Å². The van der Waals surface area contributed by atoms with E-state index in [-0.39, 0.29) is 0 Å². The molecule has 10 aromatic rings. The first kappa shape index (κ1) is 31.6. The molecule has 0 radical (unpaired) electrons. The summed E-state index contributed by atoms with van der Waals surface area (Å²) in [5, 5.41) is 9.06. The largest absolute Gasteiger partial charge is 0.455 e. The smallest absolute Gasteiger partial charge is 0.144 e. The van der Waals surface area contributed by atoms with Gasteiger partial charge in [0.25, 0.3) is 0 Å². The third-order valence-electron chi connectivity index (χ3n) is 10.1. The van der Waals surface area contributed by atoms with Crippen molar-refractivity contribution in [2.45, 2.75) is 27.7 Å². The van der Waals surface area contributed by atoms with Crippen molar-refractivity contribution in [3.8, 4) is 44.9 Å². The molecule has 0 saturated carbocycles. The zero-order valence-corrected chi connectivity index (χ0v) is 29.8. The molecule has 0 spiro atoms. The summed E-state index contributed by atoms with van der Waals surface area (Å²) in [5.41, 5.74) is 10.9. The van der Waals surface area contributed by atoms with Gasteiger partial charge in [0.05, 0.1) is 0 Å². The molecule has 2 aromatic heterocycles. The summed E-state index contributed by atoms with van der Waals surface area (Å²) in [7, 11) is 0. The van der Waals surface area contributed by atoms with Crippen molar-refractivity contribution in [1.82, 2.24) is 0 Å². The molecule has 10 rings (SSSR count). The lowest BCUT2D eigenvalue weighted by molar-refractivity contribution is 0.632. The SMILES string of the molecule is CC.Cc1cccc(-c2c(-c3c4ccccc4c(-c4oc5ccccc5c4-c4cccc(C)c4)c4cc5ccccc5cc34)oc3ccccc23)c1. The number of benzene rings is 8. The molecule has 2 heteroatoms. The highest BCUT2D eigenvalue weighted by Crippen LogP contribution is 2.52. The van der Waals surface area contributed by atoms with E-state index in [0.29, 0.717) is 0 Å². The Bertz CT molecular complexity index is 2750. The second-order valence-electron chi connectivity index (χ2n) is 13.4. The zero-order valence-electron chi connectivity index (χ0n) is 29.8. The van der Waals surface area contributed by atoms with Gasteiger partial charge in [0.15, 0.2) is 0 Å². The average molecular weight is 671 g/mol. The molecule has 0 fully saturated rings. The standard InChI is InChI=1S/C48H32O2.C2H6/c1-29-13-11-17-33(25-29)43-37-21-7-9-23-41(37)49-47(43)45-35-19-5-6-20-36(35)46(40-28-32-16-4-3-15-31(32)27-39(40)45)48-44(34-18-12-14-30(2)26-34)38-22-8-10-24-42(38)50-48;1-2/h3-28H,1-2H3;1-2H3. The van der Waals surface area contributed by atoms with Crippen LogP contribution >= 0.6 is 0 Å². The van der Waals surface area contributed by atoms with Gasteiger partial charge in [0.1, 0.15) is 22.7 Å². The molecular formula is C50H38O2. The van der Waals surface area contributed by atoms with E-state index in [0.717, 1.165) is 88.4 Å². The molecule has 8 aromatic carbocycles. The predicted octanol–water partition coefficient (Wildman–Crippen LogP) is 14.9. The predicted molar refractivity (Wildman–Crippen MR) is 221 cm³/mol. The fourth-order valence-electron chi connectivity index (χ4n) is 7.97. The van der Waals surface area contributed by atoms with Gasteiger partial charge in [0, 0.05) is 33.0 Å². The van der Waals surface area contributed by atoms with Gasteiger partial charge in [0.2, 0.25) is 0 Å². The normalized spacial score (nSPS) is 11.5. The van der Waals surface area contributed by atoms with E-state index in [1.807, 2.05) is 13.8 Å². The van der Waals surface area contributed by atoms with Crippen molar-refractivity contribution in [3.05, 3.63) is 169 Å². The Morgan fingerprint density at radius 1 is 0.327 bits per heavy atom. The molecule has 52 heavy (non-hydrogen) atoms. The minimum absolute atomic E-state index is 0.875. The van der Waals surface area contributed by atoms with E-state index in [4.69, 9.17) is 8.83 Å². The summed E-state index contributed by atoms with van der Waals surface area (Å²) in [6.07, 6.45) is 0. The molecule has 0 unspecified atom stereocenters. The highest BCUT2D eigenvalue weighted by atomic mass is 16.3. The summed E-state index contributed by atoms with van der Waals surface area (Å²) in [5.74, 6) is 1.76. The third kappa shape index (κ3) is 5.02. The number of hydrogen-bond acceptors (Lipinski definition) is 2. The first-order chi connectivity index (χ1) is 25.6. The topological polar surface area (TPSA) is 26.3 Å². The summed E-state index contributed by atoms with van der Waals surface area (Å²) in [6, 6.07) is 56.4. The van der Waals surface area contributed by atoms with Crippen LogP contribution in [0.3, 0.4) is 0 Å². The van der Waals surface area contributed by atoms with E-state index < -0.39 is 0 Å². The highest BCUT2D eigenvalue weighted by molar-refractivity contribution is 6.26. The monoisotopic (exact) mass is 670 g/mol. The van der Waals surface area contributed by atoms with Crippen molar-refractivity contribution in [1.29, 1.82) is 0 Å². The van der Waals surface area contributed by atoms with Crippen LogP contribution in [-0.2, 0) is 0 Å². The van der Waals surface area contributed by atoms with Gasteiger partial charge in [-0.05, 0) is 81.6 Å². The molecule has 0 aliphatic carbocycles. The van der Waals surface area contributed by atoms with Crippen LogP contribution in [0.2, 0.25) is 0 Å². The summed E-state index contributed by atoms with van der Waals surface area (Å²) >= 11 is 0. The second-order valence-corrected chi connectivity index (χ2v) is 13.4. The Balaban J connectivity index is 0.00000177. The van der Waals surface area contributed by atoms with Crippen LogP contribution in [0.25, 0.3) is 99.2 Å². The van der Waals surface area contributed by atoms with Crippen molar-refractivity contribution in [2.24, 2.45) is 0 Å². The molecule has 0 aliphatic heterocycles. The second kappa shape index (κ2) is 12.7. The van der Waals surface area contributed by atoms with Crippen LogP contribution in [0, 0.1) is 13.8 Å². The number of aryl methyl sites for hydroxylation is 2. The summed E-state index contributed by atoms with van der Waals surface area (Å²) in [4.78, 5) is 0. The maximum absolute atomic E-state index is 6.98. The van der Waals surface area contributed by atoms with Gasteiger partial charge in [-0.3, -0.25) is 0 Å². The van der Waals surface area contributed by atoms with Gasteiger partial charge in [-0.25, -0.2) is 0 Å². The van der Waals surface area contributed by atoms with Crippen molar-refractivity contribution >= 4 is 54.3 Å². The number of furan rings is 2. The molecule has 0 atom stereocenters. The number of fused-ring (bicyclic) bond motifs is 5. The Morgan fingerprint density at radius 3 is 1.13 bits per heavy atom. The van der Waals surface area contributed by atoms with Gasteiger partial charge in [-0.2, -0.15) is 0 Å². The first-order valence-corrected chi connectivity index (χ1v) is 18.2. The van der Waals surface area contributed by atoms with Gasteiger partial charge in [-0.1, -0.05) is 158 Å². The lowest BCUT2D eigenvalue weighted by atomic mass is 9.85. The molecule has 2 heterocycles. The Hall–Kier alpha value is -6.38. The van der Waals surface area contributed by atoms with Crippen molar-refractivity contribution in [3.63, 3.8) is 0 Å². The van der Waals surface area contributed by atoms with Crippen LogP contribution in [-0.4, -0.2) is 0 Å². The van der Waals surface area contributed by atoms with E-state index in [9.17, 15) is 0 Å². The number of rotatable bonds is 4. The van der Waals surface area contributed by atoms with Crippen LogP contribution in [0.5, 0.6) is 0 Å². The third-order valence-corrected chi connectivity index (χ3v) is 10.1. The fraction of sp³-hybridized carbons (Fsp3) is 0.0800. The van der Waals surface area contributed by atoms with Gasteiger partial charge >= 0.3 is 0 Å². The minimum atomic E-state index is 0.875. The molecule has 0 amide bonds. The Morgan fingerprint density at radius 2 is 0.712 bits per heavy atom. The molecule has 250 valence electrons.